The van der Waals surface area contributed by atoms with Crippen LogP contribution in [0.5, 0.6) is 0 Å². The smallest absolute Gasteiger partial charge is 0.242 e. The maximum atomic E-state index is 12.3. The molecule has 0 saturated carbocycles. The summed E-state index contributed by atoms with van der Waals surface area (Å²) in [6.07, 6.45) is 7.16. The van der Waals surface area contributed by atoms with Gasteiger partial charge in [0, 0.05) is 19.7 Å². The van der Waals surface area contributed by atoms with Crippen LogP contribution in [0.1, 0.15) is 65.7 Å². The van der Waals surface area contributed by atoms with E-state index in [2.05, 4.69) is 6.92 Å². The largest absolute Gasteiger partial charge is 0.396 e. The predicted molar refractivity (Wildman–Crippen MR) is 79.9 cm³/mol. The predicted octanol–water partition coefficient (Wildman–Crippen LogP) is 2.30. The van der Waals surface area contributed by atoms with Crippen molar-refractivity contribution in [3.8, 4) is 0 Å². The molecule has 114 valence electrons. The second-order valence-corrected chi connectivity index (χ2v) is 5.55. The quantitative estimate of drug-likeness (QED) is 0.567. The van der Waals surface area contributed by atoms with Crippen LogP contribution in [0.25, 0.3) is 0 Å². The maximum absolute atomic E-state index is 12.3. The Morgan fingerprint density at radius 2 is 1.68 bits per heavy atom. The third-order valence-corrected chi connectivity index (χ3v) is 3.63. The zero-order valence-corrected chi connectivity index (χ0v) is 13.0. The standard InChI is InChI=1S/C15H32N2O2/c1-4-6-7-8-9-11-17(12-10-13-18)14(19)15(3,16)5-2/h18H,4-13,16H2,1-3H3. The van der Waals surface area contributed by atoms with Crippen LogP contribution in [-0.4, -0.2) is 41.1 Å². The molecule has 1 atom stereocenters. The van der Waals surface area contributed by atoms with Gasteiger partial charge in [0.1, 0.15) is 0 Å². The van der Waals surface area contributed by atoms with Gasteiger partial charge in [-0.15, -0.1) is 0 Å². The maximum Gasteiger partial charge on any atom is 0.242 e. The fraction of sp³-hybridized carbons (Fsp3) is 0.933. The average molecular weight is 272 g/mol. The molecule has 0 heterocycles. The molecular formula is C15H32N2O2. The van der Waals surface area contributed by atoms with E-state index in [0.717, 1.165) is 19.4 Å². The Hall–Kier alpha value is -0.610. The summed E-state index contributed by atoms with van der Waals surface area (Å²) in [4.78, 5) is 14.2. The van der Waals surface area contributed by atoms with Gasteiger partial charge in [-0.25, -0.2) is 0 Å². The van der Waals surface area contributed by atoms with E-state index >= 15 is 0 Å². The summed E-state index contributed by atoms with van der Waals surface area (Å²) in [7, 11) is 0. The molecule has 0 bridgehead atoms. The summed E-state index contributed by atoms with van der Waals surface area (Å²) in [5.74, 6) is 0.0129. The Bertz CT molecular complexity index is 242. The van der Waals surface area contributed by atoms with Gasteiger partial charge in [-0.2, -0.15) is 0 Å². The molecule has 4 heteroatoms. The van der Waals surface area contributed by atoms with E-state index in [1.807, 2.05) is 11.8 Å². The number of amides is 1. The summed E-state index contributed by atoms with van der Waals surface area (Å²) in [6.45, 7) is 7.40. The van der Waals surface area contributed by atoms with Crippen molar-refractivity contribution in [3.05, 3.63) is 0 Å². The first-order valence-electron chi connectivity index (χ1n) is 7.68. The molecule has 19 heavy (non-hydrogen) atoms. The minimum atomic E-state index is -0.779. The van der Waals surface area contributed by atoms with Crippen molar-refractivity contribution in [2.24, 2.45) is 5.73 Å². The first-order chi connectivity index (χ1) is 8.99. The number of hydrogen-bond acceptors (Lipinski definition) is 3. The van der Waals surface area contributed by atoms with Crippen molar-refractivity contribution in [1.82, 2.24) is 4.90 Å². The average Bonchev–Trinajstić information content (AvgIpc) is 2.41. The fourth-order valence-corrected chi connectivity index (χ4v) is 2.00. The Kier molecular flexibility index (Phi) is 9.88. The zero-order chi connectivity index (χ0) is 14.7. The molecule has 0 saturated heterocycles. The van der Waals surface area contributed by atoms with Gasteiger partial charge in [0.2, 0.25) is 5.91 Å². The lowest BCUT2D eigenvalue weighted by molar-refractivity contribution is -0.136. The van der Waals surface area contributed by atoms with Gasteiger partial charge in [0.05, 0.1) is 5.54 Å². The van der Waals surface area contributed by atoms with E-state index in [9.17, 15) is 4.79 Å². The number of rotatable bonds is 11. The van der Waals surface area contributed by atoms with Crippen LogP contribution in [0.15, 0.2) is 0 Å². The number of aliphatic hydroxyl groups excluding tert-OH is 1. The van der Waals surface area contributed by atoms with Crippen molar-refractivity contribution in [2.45, 2.75) is 71.3 Å². The van der Waals surface area contributed by atoms with Gasteiger partial charge in [-0.1, -0.05) is 39.5 Å². The van der Waals surface area contributed by atoms with E-state index in [4.69, 9.17) is 10.8 Å². The SMILES string of the molecule is CCCCCCCN(CCCO)C(=O)C(C)(N)CC. The molecule has 0 aliphatic carbocycles. The van der Waals surface area contributed by atoms with Crippen molar-refractivity contribution >= 4 is 5.91 Å². The number of carbonyl (C=O) groups excluding carboxylic acids is 1. The van der Waals surface area contributed by atoms with Crippen LogP contribution in [0.2, 0.25) is 0 Å². The van der Waals surface area contributed by atoms with Gasteiger partial charge < -0.3 is 15.7 Å². The molecule has 0 fully saturated rings. The van der Waals surface area contributed by atoms with E-state index < -0.39 is 5.54 Å². The second kappa shape index (κ2) is 10.2. The highest BCUT2D eigenvalue weighted by atomic mass is 16.3. The van der Waals surface area contributed by atoms with Crippen LogP contribution in [0.4, 0.5) is 0 Å². The lowest BCUT2D eigenvalue weighted by atomic mass is 9.98. The number of hydrogen-bond donors (Lipinski definition) is 2. The minimum absolute atomic E-state index is 0.0129. The molecule has 3 N–H and O–H groups in total. The van der Waals surface area contributed by atoms with Gasteiger partial charge in [0.25, 0.3) is 0 Å². The van der Waals surface area contributed by atoms with Crippen LogP contribution >= 0.6 is 0 Å². The molecule has 0 aliphatic rings. The molecule has 0 rings (SSSR count). The molecule has 0 aromatic rings. The van der Waals surface area contributed by atoms with Crippen molar-refractivity contribution in [3.63, 3.8) is 0 Å². The third-order valence-electron chi connectivity index (χ3n) is 3.63. The lowest BCUT2D eigenvalue weighted by Gasteiger charge is -2.31. The number of carbonyl (C=O) groups is 1. The van der Waals surface area contributed by atoms with E-state index in [1.165, 1.54) is 19.3 Å². The molecule has 0 aromatic heterocycles. The highest BCUT2D eigenvalue weighted by Gasteiger charge is 2.30. The molecule has 4 nitrogen and oxygen atoms in total. The molecule has 0 aliphatic heterocycles. The zero-order valence-electron chi connectivity index (χ0n) is 13.0. The molecule has 0 aromatic carbocycles. The summed E-state index contributed by atoms with van der Waals surface area (Å²) in [5.41, 5.74) is 5.25. The molecule has 1 amide bonds. The third kappa shape index (κ3) is 7.53. The van der Waals surface area contributed by atoms with Crippen LogP contribution in [0, 0.1) is 0 Å². The normalized spacial score (nSPS) is 14.2. The van der Waals surface area contributed by atoms with Crippen LogP contribution < -0.4 is 5.73 Å². The highest BCUT2D eigenvalue weighted by Crippen LogP contribution is 2.12. The summed E-state index contributed by atoms with van der Waals surface area (Å²) < 4.78 is 0. The number of aliphatic hydroxyl groups is 1. The molecular weight excluding hydrogens is 240 g/mol. The Morgan fingerprint density at radius 3 is 2.21 bits per heavy atom. The van der Waals surface area contributed by atoms with Gasteiger partial charge in [-0.05, 0) is 26.2 Å². The number of nitrogens with two attached hydrogens (primary N) is 1. The summed E-state index contributed by atoms with van der Waals surface area (Å²) in [6, 6.07) is 0. The van der Waals surface area contributed by atoms with Gasteiger partial charge in [0.15, 0.2) is 0 Å². The van der Waals surface area contributed by atoms with Crippen LogP contribution in [0.3, 0.4) is 0 Å². The number of unbranched alkanes of at least 4 members (excludes halogenated alkanes) is 4. The van der Waals surface area contributed by atoms with E-state index in [1.54, 1.807) is 6.92 Å². The highest BCUT2D eigenvalue weighted by molar-refractivity contribution is 5.85. The first kappa shape index (κ1) is 18.4. The van der Waals surface area contributed by atoms with Crippen LogP contribution in [-0.2, 0) is 4.79 Å². The van der Waals surface area contributed by atoms with Gasteiger partial charge >= 0.3 is 0 Å². The lowest BCUT2D eigenvalue weighted by Crippen LogP contribution is -2.53. The molecule has 0 spiro atoms. The molecule has 1 unspecified atom stereocenters. The van der Waals surface area contributed by atoms with Crippen molar-refractivity contribution < 1.29 is 9.90 Å². The van der Waals surface area contributed by atoms with E-state index in [-0.39, 0.29) is 12.5 Å². The topological polar surface area (TPSA) is 66.6 Å². The monoisotopic (exact) mass is 272 g/mol. The number of nitrogens with zero attached hydrogens (tertiary/aromatic N) is 1. The minimum Gasteiger partial charge on any atom is -0.396 e. The Balaban J connectivity index is 4.25. The second-order valence-electron chi connectivity index (χ2n) is 5.55. The fourth-order valence-electron chi connectivity index (χ4n) is 2.00. The van der Waals surface area contributed by atoms with E-state index in [0.29, 0.717) is 19.4 Å². The summed E-state index contributed by atoms with van der Waals surface area (Å²) in [5, 5.41) is 8.93. The first-order valence-corrected chi connectivity index (χ1v) is 7.68. The Morgan fingerprint density at radius 1 is 1.11 bits per heavy atom. The van der Waals surface area contributed by atoms with Gasteiger partial charge in [-0.3, -0.25) is 4.79 Å². The summed E-state index contributed by atoms with van der Waals surface area (Å²) >= 11 is 0. The Labute approximate surface area is 118 Å². The molecule has 0 radical (unpaired) electrons. The van der Waals surface area contributed by atoms with Crippen molar-refractivity contribution in [1.29, 1.82) is 0 Å². The van der Waals surface area contributed by atoms with Crippen molar-refractivity contribution in [2.75, 3.05) is 19.7 Å².